The maximum atomic E-state index is 11.7. The molecule has 1 heterocycles. The van der Waals surface area contributed by atoms with Crippen molar-refractivity contribution in [3.05, 3.63) is 42.2 Å². The first kappa shape index (κ1) is 21.1. The lowest BCUT2D eigenvalue weighted by Crippen LogP contribution is -2.72. The van der Waals surface area contributed by atoms with Crippen molar-refractivity contribution in [3.63, 3.8) is 0 Å². The molecule has 3 fully saturated rings. The third-order valence-corrected chi connectivity index (χ3v) is 10.1. The van der Waals surface area contributed by atoms with Crippen LogP contribution in [0.1, 0.15) is 65.7 Å². The highest BCUT2D eigenvalue weighted by Gasteiger charge is 2.74. The molecule has 0 aromatic carbocycles. The van der Waals surface area contributed by atoms with Crippen LogP contribution in [0.5, 0.6) is 0 Å². The summed E-state index contributed by atoms with van der Waals surface area (Å²) >= 11 is 0. The molecule has 5 heteroatoms. The largest absolute Gasteiger partial charge is 0.411 e. The Morgan fingerprint density at radius 3 is 2.52 bits per heavy atom. The summed E-state index contributed by atoms with van der Waals surface area (Å²) < 4.78 is 2.11. The van der Waals surface area contributed by atoms with Crippen molar-refractivity contribution in [1.29, 1.82) is 0 Å². The monoisotopic (exact) mass is 425 g/mol. The molecule has 0 saturated heterocycles. The van der Waals surface area contributed by atoms with E-state index in [1.807, 2.05) is 37.5 Å². The second-order valence-corrected chi connectivity index (χ2v) is 11.1. The normalized spacial score (nSPS) is 47.2. The molecule has 0 amide bonds. The summed E-state index contributed by atoms with van der Waals surface area (Å²) in [6, 6.07) is 5.97. The number of hydrogen-bond acceptors (Lipinski definition) is 4. The Labute approximate surface area is 185 Å². The maximum Gasteiger partial charge on any atom is 0.239 e. The van der Waals surface area contributed by atoms with Crippen LogP contribution in [0, 0.1) is 28.6 Å². The van der Waals surface area contributed by atoms with E-state index in [-0.39, 0.29) is 16.9 Å². The Balaban J connectivity index is 1.61. The quantitative estimate of drug-likeness (QED) is 0.222. The smallest absolute Gasteiger partial charge is 0.239 e. The van der Waals surface area contributed by atoms with Gasteiger partial charge in [0.25, 0.3) is 0 Å². The zero-order valence-electron chi connectivity index (χ0n) is 19.0. The number of pyridine rings is 1. The number of aromatic nitrogens is 1. The molecule has 3 N–H and O–H groups in total. The third kappa shape index (κ3) is 2.62. The van der Waals surface area contributed by atoms with E-state index >= 15 is 0 Å². The lowest BCUT2D eigenvalue weighted by Gasteiger charge is -2.58. The van der Waals surface area contributed by atoms with Gasteiger partial charge in [0.1, 0.15) is 11.8 Å². The Morgan fingerprint density at radius 1 is 1.06 bits per heavy atom. The molecule has 168 valence electrons. The van der Waals surface area contributed by atoms with Gasteiger partial charge in [-0.05, 0) is 75.0 Å². The van der Waals surface area contributed by atoms with Gasteiger partial charge < -0.3 is 15.4 Å². The van der Waals surface area contributed by atoms with Crippen molar-refractivity contribution in [2.75, 3.05) is 0 Å². The van der Waals surface area contributed by atoms with Gasteiger partial charge in [-0.25, -0.2) is 0 Å². The Kier molecular flexibility index (Phi) is 4.87. The van der Waals surface area contributed by atoms with Gasteiger partial charge in [0, 0.05) is 17.5 Å². The number of allylic oxidation sites excluding steroid dienone is 1. The lowest BCUT2D eigenvalue weighted by molar-refractivity contribution is -0.766. The summed E-state index contributed by atoms with van der Waals surface area (Å²) in [6.45, 7) is 6.62. The molecular weight excluding hydrogens is 388 g/mol. The molecular formula is C26H37N2O3+. The van der Waals surface area contributed by atoms with Gasteiger partial charge in [0.15, 0.2) is 12.4 Å². The Hall–Kier alpha value is -1.72. The number of aliphatic hydroxyl groups excluding tert-OH is 2. The van der Waals surface area contributed by atoms with E-state index in [0.29, 0.717) is 23.5 Å². The van der Waals surface area contributed by atoms with Crippen LogP contribution in [0.25, 0.3) is 0 Å². The molecule has 0 bridgehead atoms. The molecule has 5 nitrogen and oxygen atoms in total. The predicted octanol–water partition coefficient (Wildman–Crippen LogP) is 3.81. The number of fused-ring (bicyclic) bond motifs is 5. The zero-order chi connectivity index (χ0) is 22.0. The number of oxime groups is 1. The predicted molar refractivity (Wildman–Crippen MR) is 119 cm³/mol. The van der Waals surface area contributed by atoms with E-state index < -0.39 is 11.6 Å². The van der Waals surface area contributed by atoms with Crippen LogP contribution in [0.3, 0.4) is 0 Å². The van der Waals surface area contributed by atoms with Crippen molar-refractivity contribution in [3.8, 4) is 0 Å². The van der Waals surface area contributed by atoms with Crippen molar-refractivity contribution >= 4 is 5.71 Å². The molecule has 5 rings (SSSR count). The van der Waals surface area contributed by atoms with Crippen LogP contribution in [0.15, 0.2) is 47.4 Å². The van der Waals surface area contributed by atoms with Crippen LogP contribution in [0.2, 0.25) is 0 Å². The highest BCUT2D eigenvalue weighted by Crippen LogP contribution is 2.68. The summed E-state index contributed by atoms with van der Waals surface area (Å²) in [5.41, 5.74) is 1.28. The minimum Gasteiger partial charge on any atom is -0.411 e. The van der Waals surface area contributed by atoms with Crippen molar-refractivity contribution in [1.82, 2.24) is 0 Å². The van der Waals surface area contributed by atoms with Crippen LogP contribution in [-0.4, -0.2) is 33.3 Å². The summed E-state index contributed by atoms with van der Waals surface area (Å²) in [4.78, 5) is 0. The maximum absolute atomic E-state index is 11.7. The molecule has 1 aromatic heterocycles. The first-order chi connectivity index (χ1) is 14.8. The second-order valence-electron chi connectivity index (χ2n) is 11.1. The van der Waals surface area contributed by atoms with Gasteiger partial charge in [-0.15, -0.1) is 0 Å². The molecule has 4 aliphatic carbocycles. The SMILES string of the molecule is CC(=NO)[C@@]1([n+]2ccccc2)[C@H](O)CC2C3CC=C4CC(O)CC[C@]4(C)C3CC[C@@]21C. The number of hydrogen-bond donors (Lipinski definition) is 3. The average molecular weight is 426 g/mol. The summed E-state index contributed by atoms with van der Waals surface area (Å²) in [7, 11) is 0. The number of nitrogens with zero attached hydrogens (tertiary/aromatic N) is 2. The number of rotatable bonds is 2. The van der Waals surface area contributed by atoms with Crippen LogP contribution < -0.4 is 4.57 Å². The molecule has 0 spiro atoms. The van der Waals surface area contributed by atoms with Crippen LogP contribution in [-0.2, 0) is 5.54 Å². The van der Waals surface area contributed by atoms with Crippen molar-refractivity contribution in [2.45, 2.75) is 83.5 Å². The van der Waals surface area contributed by atoms with E-state index in [1.54, 1.807) is 0 Å². The highest BCUT2D eigenvalue weighted by molar-refractivity contribution is 5.89. The molecule has 4 unspecified atom stereocenters. The summed E-state index contributed by atoms with van der Waals surface area (Å²) in [5.74, 6) is 1.45. The zero-order valence-corrected chi connectivity index (χ0v) is 19.0. The standard InChI is InChI=1S/C26H36N2O3/c1-17(27-31)26(28-13-5-4-6-14-28)23(30)16-22-20-8-7-18-15-19(29)9-11-24(18,2)21(20)10-12-25(22,26)3/h4-7,13-14,19-23,29-30H,8-12,15-16H2,1-3H3/p+1/t19?,20?,21?,22?,23-,24+,25+,26-/m1/s1. The fourth-order valence-electron chi connectivity index (χ4n) is 8.68. The van der Waals surface area contributed by atoms with E-state index in [0.717, 1.165) is 44.9 Å². The minimum atomic E-state index is -0.744. The van der Waals surface area contributed by atoms with Gasteiger partial charge in [0.2, 0.25) is 5.54 Å². The van der Waals surface area contributed by atoms with Gasteiger partial charge in [-0.1, -0.05) is 36.7 Å². The Morgan fingerprint density at radius 2 is 1.81 bits per heavy atom. The highest BCUT2D eigenvalue weighted by atomic mass is 16.4. The second kappa shape index (κ2) is 7.14. The van der Waals surface area contributed by atoms with Gasteiger partial charge in [0.05, 0.1) is 6.10 Å². The van der Waals surface area contributed by atoms with E-state index in [2.05, 4.69) is 29.6 Å². The molecule has 1 aromatic rings. The van der Waals surface area contributed by atoms with E-state index in [1.165, 1.54) is 5.57 Å². The van der Waals surface area contributed by atoms with E-state index in [4.69, 9.17) is 0 Å². The fraction of sp³-hybridized carbons (Fsp3) is 0.692. The first-order valence-electron chi connectivity index (χ1n) is 12.0. The first-order valence-corrected chi connectivity index (χ1v) is 12.0. The molecule has 0 radical (unpaired) electrons. The minimum absolute atomic E-state index is 0.166. The number of aliphatic hydroxyl groups is 2. The lowest BCUT2D eigenvalue weighted by atomic mass is 9.46. The molecule has 3 saturated carbocycles. The molecule has 31 heavy (non-hydrogen) atoms. The summed E-state index contributed by atoms with van der Waals surface area (Å²) in [5, 5.41) is 35.5. The molecule has 8 atom stereocenters. The summed E-state index contributed by atoms with van der Waals surface area (Å²) in [6.07, 6.45) is 12.3. The van der Waals surface area contributed by atoms with Gasteiger partial charge in [-0.2, -0.15) is 4.57 Å². The molecule has 4 aliphatic rings. The van der Waals surface area contributed by atoms with Gasteiger partial charge in [-0.3, -0.25) is 0 Å². The Bertz CT molecular complexity index is 914. The third-order valence-electron chi connectivity index (χ3n) is 10.1. The van der Waals surface area contributed by atoms with Crippen LogP contribution >= 0.6 is 0 Å². The van der Waals surface area contributed by atoms with Crippen molar-refractivity contribution < 1.29 is 20.0 Å². The van der Waals surface area contributed by atoms with Crippen molar-refractivity contribution in [2.24, 2.45) is 33.7 Å². The average Bonchev–Trinajstić information content (AvgIpc) is 3.01. The fourth-order valence-corrected chi connectivity index (χ4v) is 8.68. The molecule has 0 aliphatic heterocycles. The van der Waals surface area contributed by atoms with E-state index in [9.17, 15) is 15.4 Å². The van der Waals surface area contributed by atoms with Gasteiger partial charge >= 0.3 is 0 Å². The van der Waals surface area contributed by atoms with Crippen LogP contribution in [0.4, 0.5) is 0 Å². The topological polar surface area (TPSA) is 76.9 Å².